The van der Waals surface area contributed by atoms with Crippen LogP contribution in [0.4, 0.5) is 0 Å². The molecule has 1 aromatic rings. The molecule has 0 spiro atoms. The zero-order valence-electron chi connectivity index (χ0n) is 8.37. The molecular weight excluding hydrogens is 174 g/mol. The Bertz CT molecular complexity index is 292. The highest BCUT2D eigenvalue weighted by atomic mass is 16.2. The Balaban J connectivity index is 2.21. The molecular formula is C12H17NO. The summed E-state index contributed by atoms with van der Waals surface area (Å²) < 4.78 is 0. The molecule has 1 atom stereocenters. The Morgan fingerprint density at radius 1 is 1.36 bits per heavy atom. The molecule has 0 aromatic heterocycles. The van der Waals surface area contributed by atoms with Gasteiger partial charge >= 0.3 is 0 Å². The average molecular weight is 191 g/mol. The lowest BCUT2D eigenvalue weighted by molar-refractivity contribution is 0.299. The number of aliphatic hydroxyl groups is 1. The van der Waals surface area contributed by atoms with Crippen LogP contribution in [0.15, 0.2) is 24.3 Å². The van der Waals surface area contributed by atoms with Crippen molar-refractivity contribution in [2.24, 2.45) is 0 Å². The summed E-state index contributed by atoms with van der Waals surface area (Å²) in [6.45, 7) is 1.36. The Labute approximate surface area is 85.0 Å². The van der Waals surface area contributed by atoms with Gasteiger partial charge in [-0.25, -0.2) is 0 Å². The van der Waals surface area contributed by atoms with E-state index in [-0.39, 0.29) is 6.61 Å². The van der Waals surface area contributed by atoms with Crippen molar-refractivity contribution in [2.75, 3.05) is 13.2 Å². The highest BCUT2D eigenvalue weighted by molar-refractivity contribution is 5.30. The summed E-state index contributed by atoms with van der Waals surface area (Å²) in [6, 6.07) is 8.93. The van der Waals surface area contributed by atoms with Gasteiger partial charge in [-0.2, -0.15) is 0 Å². The molecule has 1 saturated heterocycles. The van der Waals surface area contributed by atoms with Crippen LogP contribution in [-0.2, 0) is 6.42 Å². The largest absolute Gasteiger partial charge is 0.396 e. The van der Waals surface area contributed by atoms with Crippen LogP contribution >= 0.6 is 0 Å². The maximum absolute atomic E-state index is 8.97. The van der Waals surface area contributed by atoms with Gasteiger partial charge in [-0.15, -0.1) is 0 Å². The minimum absolute atomic E-state index is 0.240. The molecule has 76 valence electrons. The molecule has 2 N–H and O–H groups in total. The fraction of sp³-hybridized carbons (Fsp3) is 0.500. The molecule has 0 radical (unpaired) electrons. The molecule has 1 fully saturated rings. The number of hydrogen-bond donors (Lipinski definition) is 2. The molecule has 0 bridgehead atoms. The van der Waals surface area contributed by atoms with Crippen LogP contribution in [0.5, 0.6) is 0 Å². The van der Waals surface area contributed by atoms with Gasteiger partial charge in [-0.05, 0) is 36.9 Å². The SMILES string of the molecule is OCCc1ccccc1C1CCCN1. The van der Waals surface area contributed by atoms with E-state index >= 15 is 0 Å². The second-order valence-corrected chi connectivity index (χ2v) is 3.82. The minimum atomic E-state index is 0.240. The molecule has 1 heterocycles. The summed E-state index contributed by atoms with van der Waals surface area (Å²) >= 11 is 0. The van der Waals surface area contributed by atoms with Gasteiger partial charge in [0, 0.05) is 12.6 Å². The maximum atomic E-state index is 8.97. The lowest BCUT2D eigenvalue weighted by Gasteiger charge is -2.15. The monoisotopic (exact) mass is 191 g/mol. The van der Waals surface area contributed by atoms with Gasteiger partial charge < -0.3 is 10.4 Å². The summed E-state index contributed by atoms with van der Waals surface area (Å²) in [6.07, 6.45) is 3.26. The molecule has 2 nitrogen and oxygen atoms in total. The van der Waals surface area contributed by atoms with Crippen LogP contribution < -0.4 is 5.32 Å². The van der Waals surface area contributed by atoms with Gasteiger partial charge in [0.2, 0.25) is 0 Å². The van der Waals surface area contributed by atoms with Gasteiger partial charge in [-0.1, -0.05) is 24.3 Å². The van der Waals surface area contributed by atoms with Gasteiger partial charge in [0.25, 0.3) is 0 Å². The molecule has 1 unspecified atom stereocenters. The Kier molecular flexibility index (Phi) is 3.17. The first-order valence-corrected chi connectivity index (χ1v) is 5.34. The summed E-state index contributed by atoms with van der Waals surface area (Å²) in [5.74, 6) is 0. The first-order valence-electron chi connectivity index (χ1n) is 5.34. The summed E-state index contributed by atoms with van der Waals surface area (Å²) in [5, 5.41) is 12.5. The summed E-state index contributed by atoms with van der Waals surface area (Å²) in [5.41, 5.74) is 2.66. The third-order valence-electron chi connectivity index (χ3n) is 2.87. The number of nitrogens with one attached hydrogen (secondary N) is 1. The van der Waals surface area contributed by atoms with Gasteiger partial charge in [0.1, 0.15) is 0 Å². The first-order chi connectivity index (χ1) is 6.92. The normalized spacial score (nSPS) is 21.4. The highest BCUT2D eigenvalue weighted by Crippen LogP contribution is 2.25. The van der Waals surface area contributed by atoms with Crippen molar-refractivity contribution in [3.8, 4) is 0 Å². The van der Waals surface area contributed by atoms with Crippen molar-refractivity contribution in [3.63, 3.8) is 0 Å². The fourth-order valence-electron chi connectivity index (χ4n) is 2.17. The standard InChI is InChI=1S/C12H17NO/c14-9-7-10-4-1-2-5-11(10)12-6-3-8-13-12/h1-2,4-5,12-14H,3,6-9H2. The van der Waals surface area contributed by atoms with Crippen LogP contribution in [0.1, 0.15) is 30.0 Å². The summed E-state index contributed by atoms with van der Waals surface area (Å²) in [7, 11) is 0. The van der Waals surface area contributed by atoms with E-state index < -0.39 is 0 Å². The number of hydrogen-bond acceptors (Lipinski definition) is 2. The number of aliphatic hydroxyl groups excluding tert-OH is 1. The lowest BCUT2D eigenvalue weighted by atomic mass is 9.97. The van der Waals surface area contributed by atoms with Gasteiger partial charge in [0.15, 0.2) is 0 Å². The average Bonchev–Trinajstić information content (AvgIpc) is 2.72. The predicted octanol–water partition coefficient (Wildman–Crippen LogP) is 1.65. The van der Waals surface area contributed by atoms with Crippen LogP contribution in [0.3, 0.4) is 0 Å². The Hall–Kier alpha value is -0.860. The molecule has 14 heavy (non-hydrogen) atoms. The third kappa shape index (κ3) is 1.97. The zero-order chi connectivity index (χ0) is 9.80. The molecule has 2 heteroatoms. The highest BCUT2D eigenvalue weighted by Gasteiger charge is 2.17. The second kappa shape index (κ2) is 4.58. The van der Waals surface area contributed by atoms with Crippen molar-refractivity contribution < 1.29 is 5.11 Å². The quantitative estimate of drug-likeness (QED) is 0.761. The van der Waals surface area contributed by atoms with E-state index in [4.69, 9.17) is 5.11 Å². The maximum Gasteiger partial charge on any atom is 0.0471 e. The van der Waals surface area contributed by atoms with E-state index in [1.54, 1.807) is 0 Å². The molecule has 1 aromatic carbocycles. The zero-order valence-corrected chi connectivity index (χ0v) is 8.37. The molecule has 1 aliphatic rings. The van der Waals surface area contributed by atoms with Crippen LogP contribution in [-0.4, -0.2) is 18.3 Å². The number of rotatable bonds is 3. The molecule has 2 rings (SSSR count). The molecule has 1 aliphatic heterocycles. The van der Waals surface area contributed by atoms with E-state index in [1.807, 2.05) is 6.07 Å². The molecule has 0 saturated carbocycles. The van der Waals surface area contributed by atoms with Crippen molar-refractivity contribution in [1.29, 1.82) is 0 Å². The van der Waals surface area contributed by atoms with Crippen molar-refractivity contribution in [3.05, 3.63) is 35.4 Å². The molecule has 0 aliphatic carbocycles. The first kappa shape index (κ1) is 9.69. The fourth-order valence-corrected chi connectivity index (χ4v) is 2.17. The lowest BCUT2D eigenvalue weighted by Crippen LogP contribution is -2.15. The van der Waals surface area contributed by atoms with E-state index in [2.05, 4.69) is 23.5 Å². The van der Waals surface area contributed by atoms with Gasteiger partial charge in [0.05, 0.1) is 0 Å². The van der Waals surface area contributed by atoms with Crippen LogP contribution in [0.25, 0.3) is 0 Å². The number of benzene rings is 1. The van der Waals surface area contributed by atoms with E-state index in [0.717, 1.165) is 13.0 Å². The van der Waals surface area contributed by atoms with Crippen LogP contribution in [0.2, 0.25) is 0 Å². The smallest absolute Gasteiger partial charge is 0.0471 e. The Morgan fingerprint density at radius 3 is 2.93 bits per heavy atom. The minimum Gasteiger partial charge on any atom is -0.396 e. The van der Waals surface area contributed by atoms with Crippen molar-refractivity contribution in [2.45, 2.75) is 25.3 Å². The van der Waals surface area contributed by atoms with Crippen molar-refractivity contribution >= 4 is 0 Å². The third-order valence-corrected chi connectivity index (χ3v) is 2.87. The van der Waals surface area contributed by atoms with E-state index in [1.165, 1.54) is 24.0 Å². The predicted molar refractivity (Wildman–Crippen MR) is 57.2 cm³/mol. The van der Waals surface area contributed by atoms with Crippen LogP contribution in [0, 0.1) is 0 Å². The summed E-state index contributed by atoms with van der Waals surface area (Å²) in [4.78, 5) is 0. The van der Waals surface area contributed by atoms with Crippen molar-refractivity contribution in [1.82, 2.24) is 5.32 Å². The second-order valence-electron chi connectivity index (χ2n) is 3.82. The Morgan fingerprint density at radius 2 is 2.21 bits per heavy atom. The van der Waals surface area contributed by atoms with E-state index in [0.29, 0.717) is 6.04 Å². The topological polar surface area (TPSA) is 32.3 Å². The molecule has 0 amide bonds. The van der Waals surface area contributed by atoms with Gasteiger partial charge in [-0.3, -0.25) is 0 Å². The van der Waals surface area contributed by atoms with E-state index in [9.17, 15) is 0 Å².